The highest BCUT2D eigenvalue weighted by molar-refractivity contribution is 5.94. The van der Waals surface area contributed by atoms with Crippen molar-refractivity contribution in [3.05, 3.63) is 24.4 Å². The first-order valence-corrected chi connectivity index (χ1v) is 8.67. The van der Waals surface area contributed by atoms with Crippen LogP contribution < -0.4 is 14.4 Å². The third-order valence-corrected chi connectivity index (χ3v) is 5.37. The lowest BCUT2D eigenvalue weighted by molar-refractivity contribution is 0.241. The fraction of sp³-hybridized carbons (Fsp3) is 0.500. The molecule has 1 aliphatic heterocycles. The molecule has 0 bridgehead atoms. The van der Waals surface area contributed by atoms with Crippen molar-refractivity contribution in [1.82, 2.24) is 4.98 Å². The van der Waals surface area contributed by atoms with Crippen LogP contribution in [-0.4, -0.2) is 32.3 Å². The number of hydrogen-bond donors (Lipinski definition) is 0. The molecule has 5 nitrogen and oxygen atoms in total. The third-order valence-electron chi connectivity index (χ3n) is 5.37. The van der Waals surface area contributed by atoms with Crippen molar-refractivity contribution < 1.29 is 9.47 Å². The fourth-order valence-electron chi connectivity index (χ4n) is 3.67. The molecule has 0 N–H and O–H groups in total. The second-order valence-corrected chi connectivity index (χ2v) is 7.15. The van der Waals surface area contributed by atoms with Crippen LogP contribution in [0.4, 0.5) is 5.69 Å². The van der Waals surface area contributed by atoms with Gasteiger partial charge in [0.25, 0.3) is 0 Å². The summed E-state index contributed by atoms with van der Waals surface area (Å²) in [7, 11) is 3.28. The highest BCUT2D eigenvalue weighted by Gasteiger charge is 2.33. The Bertz CT molecular complexity index is 802. The van der Waals surface area contributed by atoms with Gasteiger partial charge in [0.15, 0.2) is 11.5 Å². The van der Waals surface area contributed by atoms with Crippen LogP contribution in [0.2, 0.25) is 0 Å². The van der Waals surface area contributed by atoms with Crippen LogP contribution in [0.25, 0.3) is 10.9 Å². The number of nitriles is 1. The number of anilines is 1. The van der Waals surface area contributed by atoms with Crippen molar-refractivity contribution in [1.29, 1.82) is 5.26 Å². The van der Waals surface area contributed by atoms with Crippen molar-refractivity contribution in [3.63, 3.8) is 0 Å². The molecule has 132 valence electrons. The molecular formula is C20H25N3O2. The van der Waals surface area contributed by atoms with Crippen LogP contribution in [0, 0.1) is 22.7 Å². The molecule has 1 fully saturated rings. The number of rotatable bonds is 4. The number of ether oxygens (including phenoxy) is 2. The number of piperidine rings is 1. The first-order chi connectivity index (χ1) is 12.0. The van der Waals surface area contributed by atoms with Gasteiger partial charge < -0.3 is 14.4 Å². The van der Waals surface area contributed by atoms with E-state index in [1.54, 1.807) is 14.2 Å². The first kappa shape index (κ1) is 17.3. The van der Waals surface area contributed by atoms with E-state index in [2.05, 4.69) is 22.0 Å². The predicted molar refractivity (Wildman–Crippen MR) is 99.2 cm³/mol. The Balaban J connectivity index is 1.91. The third kappa shape index (κ3) is 3.21. The van der Waals surface area contributed by atoms with E-state index in [0.717, 1.165) is 36.8 Å². The Kier molecular flexibility index (Phi) is 4.71. The Labute approximate surface area is 149 Å². The molecular weight excluding hydrogens is 314 g/mol. The Morgan fingerprint density at radius 3 is 2.40 bits per heavy atom. The van der Waals surface area contributed by atoms with Gasteiger partial charge in [0, 0.05) is 36.4 Å². The maximum Gasteiger partial charge on any atom is 0.162 e. The van der Waals surface area contributed by atoms with E-state index in [-0.39, 0.29) is 5.41 Å². The molecule has 0 unspecified atom stereocenters. The van der Waals surface area contributed by atoms with Crippen LogP contribution in [0.1, 0.15) is 26.7 Å². The summed E-state index contributed by atoms with van der Waals surface area (Å²) in [5.74, 6) is 1.84. The number of nitrogens with zero attached hydrogens (tertiary/aromatic N) is 3. The lowest BCUT2D eigenvalue weighted by Gasteiger charge is -2.38. The number of fused-ring (bicyclic) bond motifs is 1. The van der Waals surface area contributed by atoms with Gasteiger partial charge in [0.2, 0.25) is 0 Å². The summed E-state index contributed by atoms with van der Waals surface area (Å²) < 4.78 is 10.8. The predicted octanol–water partition coefficient (Wildman–Crippen LogP) is 4.02. The number of hydrogen-bond acceptors (Lipinski definition) is 5. The maximum absolute atomic E-state index is 9.38. The zero-order valence-corrected chi connectivity index (χ0v) is 15.4. The zero-order valence-electron chi connectivity index (χ0n) is 15.4. The largest absolute Gasteiger partial charge is 0.493 e. The molecule has 2 aromatic rings. The lowest BCUT2D eigenvalue weighted by Crippen LogP contribution is -2.38. The van der Waals surface area contributed by atoms with Crippen molar-refractivity contribution in [3.8, 4) is 17.6 Å². The van der Waals surface area contributed by atoms with Crippen molar-refractivity contribution in [2.45, 2.75) is 26.7 Å². The number of pyridine rings is 1. The SMILES string of the molecule is COc1cc2nccc(N3CCC(C(C)(C)C#N)CC3)c2cc1OC. The smallest absolute Gasteiger partial charge is 0.162 e. The second-order valence-electron chi connectivity index (χ2n) is 7.15. The molecule has 0 atom stereocenters. The molecule has 5 heteroatoms. The van der Waals surface area contributed by atoms with Gasteiger partial charge in [0.05, 0.1) is 31.2 Å². The standard InChI is InChI=1S/C20H25N3O2/c1-20(2,13-21)14-6-9-23(10-7-14)17-5-8-22-16-12-19(25-4)18(24-3)11-15(16)17/h5,8,11-12,14H,6-7,9-10H2,1-4H3. The highest BCUT2D eigenvalue weighted by Crippen LogP contribution is 2.39. The van der Waals surface area contributed by atoms with Gasteiger partial charge in [-0.1, -0.05) is 0 Å². The summed E-state index contributed by atoms with van der Waals surface area (Å²) in [4.78, 5) is 6.87. The Hall–Kier alpha value is -2.48. The molecule has 1 aliphatic rings. The summed E-state index contributed by atoms with van der Waals surface area (Å²) in [6, 6.07) is 8.45. The minimum Gasteiger partial charge on any atom is -0.493 e. The monoisotopic (exact) mass is 339 g/mol. The Morgan fingerprint density at radius 2 is 1.80 bits per heavy atom. The van der Waals surface area contributed by atoms with E-state index in [1.165, 1.54) is 5.69 Å². The number of methoxy groups -OCH3 is 2. The molecule has 1 saturated heterocycles. The molecule has 0 aliphatic carbocycles. The summed E-state index contributed by atoms with van der Waals surface area (Å²) in [6.45, 7) is 5.99. The second kappa shape index (κ2) is 6.79. The van der Waals surface area contributed by atoms with E-state index in [0.29, 0.717) is 17.4 Å². The summed E-state index contributed by atoms with van der Waals surface area (Å²) in [5.41, 5.74) is 1.80. The molecule has 25 heavy (non-hydrogen) atoms. The quantitative estimate of drug-likeness (QED) is 0.842. The average Bonchev–Trinajstić information content (AvgIpc) is 2.66. The van der Waals surface area contributed by atoms with Crippen LogP contribution in [0.15, 0.2) is 24.4 Å². The molecule has 0 saturated carbocycles. The van der Waals surface area contributed by atoms with Crippen molar-refractivity contribution in [2.75, 3.05) is 32.2 Å². The maximum atomic E-state index is 9.38. The number of aromatic nitrogens is 1. The highest BCUT2D eigenvalue weighted by atomic mass is 16.5. The summed E-state index contributed by atoms with van der Waals surface area (Å²) >= 11 is 0. The van der Waals surface area contributed by atoms with Crippen LogP contribution in [-0.2, 0) is 0 Å². The van der Waals surface area contributed by atoms with Crippen LogP contribution >= 0.6 is 0 Å². The molecule has 2 heterocycles. The molecule has 1 aromatic carbocycles. The fourth-order valence-corrected chi connectivity index (χ4v) is 3.67. The van der Waals surface area contributed by atoms with Gasteiger partial charge in [0.1, 0.15) is 0 Å². The van der Waals surface area contributed by atoms with Gasteiger partial charge in [-0.2, -0.15) is 5.26 Å². The molecule has 0 amide bonds. The van der Waals surface area contributed by atoms with Crippen LogP contribution in [0.3, 0.4) is 0 Å². The summed E-state index contributed by atoms with van der Waals surface area (Å²) in [5, 5.41) is 10.4. The van der Waals surface area contributed by atoms with Crippen LogP contribution in [0.5, 0.6) is 11.5 Å². The van der Waals surface area contributed by atoms with Gasteiger partial charge in [-0.15, -0.1) is 0 Å². The van der Waals surface area contributed by atoms with E-state index >= 15 is 0 Å². The zero-order chi connectivity index (χ0) is 18.0. The molecule has 0 radical (unpaired) electrons. The number of benzene rings is 1. The topological polar surface area (TPSA) is 58.4 Å². The molecule has 3 rings (SSSR count). The van der Waals surface area contributed by atoms with E-state index < -0.39 is 0 Å². The minimum absolute atomic E-state index is 0.261. The Morgan fingerprint density at radius 1 is 1.16 bits per heavy atom. The van der Waals surface area contributed by atoms with E-state index in [9.17, 15) is 5.26 Å². The van der Waals surface area contributed by atoms with Gasteiger partial charge >= 0.3 is 0 Å². The van der Waals surface area contributed by atoms with Gasteiger partial charge in [-0.05, 0) is 44.7 Å². The van der Waals surface area contributed by atoms with E-state index in [4.69, 9.17) is 9.47 Å². The van der Waals surface area contributed by atoms with Crippen molar-refractivity contribution in [2.24, 2.45) is 11.3 Å². The van der Waals surface area contributed by atoms with E-state index in [1.807, 2.05) is 32.2 Å². The lowest BCUT2D eigenvalue weighted by atomic mass is 9.75. The molecule has 1 aromatic heterocycles. The average molecular weight is 339 g/mol. The first-order valence-electron chi connectivity index (χ1n) is 8.67. The van der Waals surface area contributed by atoms with Gasteiger partial charge in [-0.3, -0.25) is 4.98 Å². The molecule has 0 spiro atoms. The van der Waals surface area contributed by atoms with Crippen molar-refractivity contribution >= 4 is 16.6 Å². The normalized spacial score (nSPS) is 15.9. The van der Waals surface area contributed by atoms with Gasteiger partial charge in [-0.25, -0.2) is 0 Å². The summed E-state index contributed by atoms with van der Waals surface area (Å²) in [6.07, 6.45) is 3.89. The minimum atomic E-state index is -0.261.